The third-order valence-corrected chi connectivity index (χ3v) is 2.63. The molecule has 1 saturated carbocycles. The molecule has 2 unspecified atom stereocenters. The van der Waals surface area contributed by atoms with E-state index in [-0.39, 0.29) is 0 Å². The first-order chi connectivity index (χ1) is 5.72. The lowest BCUT2D eigenvalue weighted by atomic mass is 10.1. The van der Waals surface area contributed by atoms with Gasteiger partial charge in [-0.3, -0.25) is 0 Å². The van der Waals surface area contributed by atoms with Crippen molar-refractivity contribution in [1.29, 1.82) is 0 Å². The topological polar surface area (TPSA) is 24.1 Å². The molecule has 12 heavy (non-hydrogen) atoms. The molecule has 2 atom stereocenters. The van der Waals surface area contributed by atoms with Crippen LogP contribution in [0.15, 0.2) is 0 Å². The molecule has 0 heterocycles. The number of hydrogen-bond donors (Lipinski definition) is 2. The third-order valence-electron chi connectivity index (χ3n) is 2.37. The molecule has 0 aromatic heterocycles. The van der Waals surface area contributed by atoms with E-state index in [4.69, 9.17) is 12.2 Å². The van der Waals surface area contributed by atoms with E-state index in [1.807, 2.05) is 0 Å². The molecule has 1 aliphatic rings. The Kier molecular flexibility index (Phi) is 3.79. The van der Waals surface area contributed by atoms with E-state index in [1.54, 1.807) is 0 Å². The number of thiocarbonyl (C=S) groups is 1. The summed E-state index contributed by atoms with van der Waals surface area (Å²) in [5.41, 5.74) is 0. The standard InChI is InChI=1S/C9H18N2S/c1-3-10-9(12)11-8-5-4-7(2)6-8/h7-8H,3-6H2,1-2H3,(H2,10,11,12). The van der Waals surface area contributed by atoms with Crippen molar-refractivity contribution in [3.63, 3.8) is 0 Å². The third kappa shape index (κ3) is 2.97. The lowest BCUT2D eigenvalue weighted by Gasteiger charge is -2.14. The van der Waals surface area contributed by atoms with E-state index in [2.05, 4.69) is 24.5 Å². The summed E-state index contributed by atoms with van der Waals surface area (Å²) in [5.74, 6) is 0.868. The molecule has 0 aromatic carbocycles. The minimum absolute atomic E-state index is 0.617. The van der Waals surface area contributed by atoms with Gasteiger partial charge in [0.05, 0.1) is 0 Å². The van der Waals surface area contributed by atoms with E-state index in [0.717, 1.165) is 17.6 Å². The Morgan fingerprint density at radius 3 is 2.75 bits per heavy atom. The van der Waals surface area contributed by atoms with E-state index in [0.29, 0.717) is 6.04 Å². The molecule has 2 N–H and O–H groups in total. The number of nitrogens with one attached hydrogen (secondary N) is 2. The summed E-state index contributed by atoms with van der Waals surface area (Å²) >= 11 is 5.11. The van der Waals surface area contributed by atoms with E-state index in [1.165, 1.54) is 19.3 Å². The quantitative estimate of drug-likeness (QED) is 0.641. The van der Waals surface area contributed by atoms with Crippen LogP contribution in [0.2, 0.25) is 0 Å². The van der Waals surface area contributed by atoms with Gasteiger partial charge in [-0.2, -0.15) is 0 Å². The maximum atomic E-state index is 5.11. The smallest absolute Gasteiger partial charge is 0.166 e. The summed E-state index contributed by atoms with van der Waals surface area (Å²) in [6.45, 7) is 5.28. The lowest BCUT2D eigenvalue weighted by Crippen LogP contribution is -2.40. The predicted molar refractivity (Wildman–Crippen MR) is 56.2 cm³/mol. The zero-order chi connectivity index (χ0) is 8.97. The van der Waals surface area contributed by atoms with Crippen LogP contribution in [-0.4, -0.2) is 17.7 Å². The molecule has 1 aliphatic carbocycles. The molecule has 0 bridgehead atoms. The molecule has 0 saturated heterocycles. The second-order valence-electron chi connectivity index (χ2n) is 3.62. The molecule has 0 amide bonds. The number of rotatable bonds is 2. The van der Waals surface area contributed by atoms with Crippen molar-refractivity contribution >= 4 is 17.3 Å². The van der Waals surface area contributed by atoms with E-state index >= 15 is 0 Å². The van der Waals surface area contributed by atoms with Crippen LogP contribution in [-0.2, 0) is 0 Å². The largest absolute Gasteiger partial charge is 0.363 e. The van der Waals surface area contributed by atoms with Crippen LogP contribution in [0.5, 0.6) is 0 Å². The van der Waals surface area contributed by atoms with Crippen molar-refractivity contribution in [1.82, 2.24) is 10.6 Å². The fourth-order valence-corrected chi connectivity index (χ4v) is 2.05. The highest BCUT2D eigenvalue weighted by Gasteiger charge is 2.21. The minimum atomic E-state index is 0.617. The van der Waals surface area contributed by atoms with Crippen LogP contribution in [0.1, 0.15) is 33.1 Å². The van der Waals surface area contributed by atoms with Crippen LogP contribution < -0.4 is 10.6 Å². The van der Waals surface area contributed by atoms with Crippen LogP contribution in [0.3, 0.4) is 0 Å². The Bertz CT molecular complexity index is 159. The zero-order valence-electron chi connectivity index (χ0n) is 7.89. The van der Waals surface area contributed by atoms with Crippen molar-refractivity contribution in [3.05, 3.63) is 0 Å². The van der Waals surface area contributed by atoms with Gasteiger partial charge in [-0.15, -0.1) is 0 Å². The fourth-order valence-electron chi connectivity index (χ4n) is 1.74. The lowest BCUT2D eigenvalue weighted by molar-refractivity contribution is 0.568. The number of hydrogen-bond acceptors (Lipinski definition) is 1. The highest BCUT2D eigenvalue weighted by molar-refractivity contribution is 7.80. The summed E-state index contributed by atoms with van der Waals surface area (Å²) in [4.78, 5) is 0. The molecular formula is C9H18N2S. The normalized spacial score (nSPS) is 28.5. The second-order valence-corrected chi connectivity index (χ2v) is 4.03. The van der Waals surface area contributed by atoms with Crippen molar-refractivity contribution in [2.75, 3.05) is 6.54 Å². The fraction of sp³-hybridized carbons (Fsp3) is 0.889. The molecule has 1 rings (SSSR count). The Hall–Kier alpha value is -0.310. The summed E-state index contributed by atoms with van der Waals surface area (Å²) in [7, 11) is 0. The van der Waals surface area contributed by atoms with E-state index < -0.39 is 0 Å². The van der Waals surface area contributed by atoms with Gasteiger partial charge in [-0.05, 0) is 44.3 Å². The maximum absolute atomic E-state index is 5.11. The van der Waals surface area contributed by atoms with Gasteiger partial charge in [0, 0.05) is 12.6 Å². The Labute approximate surface area is 80.1 Å². The van der Waals surface area contributed by atoms with Gasteiger partial charge in [0.1, 0.15) is 0 Å². The zero-order valence-corrected chi connectivity index (χ0v) is 8.71. The molecule has 70 valence electrons. The summed E-state index contributed by atoms with van der Waals surface area (Å²) < 4.78 is 0. The Balaban J connectivity index is 2.18. The van der Waals surface area contributed by atoms with Gasteiger partial charge in [0.2, 0.25) is 0 Å². The van der Waals surface area contributed by atoms with Gasteiger partial charge in [0.25, 0.3) is 0 Å². The summed E-state index contributed by atoms with van der Waals surface area (Å²) in [6.07, 6.45) is 3.88. The molecule has 0 radical (unpaired) electrons. The van der Waals surface area contributed by atoms with Gasteiger partial charge < -0.3 is 10.6 Å². The molecule has 0 aromatic rings. The summed E-state index contributed by atoms with van der Waals surface area (Å²) in [6, 6.07) is 0.617. The van der Waals surface area contributed by atoms with Crippen LogP contribution in [0, 0.1) is 5.92 Å². The first-order valence-electron chi connectivity index (χ1n) is 4.76. The second kappa shape index (κ2) is 4.65. The Morgan fingerprint density at radius 1 is 1.50 bits per heavy atom. The van der Waals surface area contributed by atoms with Crippen molar-refractivity contribution in [2.45, 2.75) is 39.2 Å². The van der Waals surface area contributed by atoms with Crippen LogP contribution in [0.4, 0.5) is 0 Å². The highest BCUT2D eigenvalue weighted by Crippen LogP contribution is 2.24. The van der Waals surface area contributed by atoms with Gasteiger partial charge >= 0.3 is 0 Å². The van der Waals surface area contributed by atoms with E-state index in [9.17, 15) is 0 Å². The molecule has 0 aliphatic heterocycles. The maximum Gasteiger partial charge on any atom is 0.166 e. The van der Waals surface area contributed by atoms with Crippen molar-refractivity contribution in [3.8, 4) is 0 Å². The average molecular weight is 186 g/mol. The SMILES string of the molecule is CCNC(=S)NC1CCC(C)C1. The molecule has 3 heteroatoms. The van der Waals surface area contributed by atoms with Gasteiger partial charge in [-0.25, -0.2) is 0 Å². The average Bonchev–Trinajstić information content (AvgIpc) is 2.36. The van der Waals surface area contributed by atoms with Gasteiger partial charge in [0.15, 0.2) is 5.11 Å². The molecule has 0 spiro atoms. The summed E-state index contributed by atoms with van der Waals surface area (Å²) in [5, 5.41) is 7.25. The first kappa shape index (κ1) is 9.78. The van der Waals surface area contributed by atoms with Gasteiger partial charge in [-0.1, -0.05) is 6.92 Å². The van der Waals surface area contributed by atoms with Crippen LogP contribution >= 0.6 is 12.2 Å². The van der Waals surface area contributed by atoms with Crippen LogP contribution in [0.25, 0.3) is 0 Å². The van der Waals surface area contributed by atoms with Crippen molar-refractivity contribution < 1.29 is 0 Å². The Morgan fingerprint density at radius 2 is 2.25 bits per heavy atom. The monoisotopic (exact) mass is 186 g/mol. The first-order valence-corrected chi connectivity index (χ1v) is 5.17. The highest BCUT2D eigenvalue weighted by atomic mass is 32.1. The predicted octanol–water partition coefficient (Wildman–Crippen LogP) is 1.66. The minimum Gasteiger partial charge on any atom is -0.363 e. The molecule has 2 nitrogen and oxygen atoms in total. The molecular weight excluding hydrogens is 168 g/mol. The van der Waals surface area contributed by atoms with Crippen molar-refractivity contribution in [2.24, 2.45) is 5.92 Å². The molecule has 1 fully saturated rings.